The molecule has 1 atom stereocenters. The fourth-order valence-electron chi connectivity index (χ4n) is 2.66. The van der Waals surface area contributed by atoms with Crippen LogP contribution < -0.4 is 5.32 Å². The van der Waals surface area contributed by atoms with Gasteiger partial charge in [-0.05, 0) is 36.4 Å². The highest BCUT2D eigenvalue weighted by molar-refractivity contribution is 5.30. The molecule has 0 radical (unpaired) electrons. The summed E-state index contributed by atoms with van der Waals surface area (Å²) in [6.07, 6.45) is -8.85. The third-order valence-electron chi connectivity index (χ3n) is 3.69. The third kappa shape index (κ3) is 3.90. The number of piperidine rings is 1. The smallest absolute Gasteiger partial charge is 0.316 e. The van der Waals surface area contributed by atoms with Gasteiger partial charge >= 0.3 is 12.4 Å². The van der Waals surface area contributed by atoms with Crippen molar-refractivity contribution in [2.75, 3.05) is 13.1 Å². The average molecular weight is 311 g/mol. The quantitative estimate of drug-likeness (QED) is 0.800. The first-order chi connectivity index (χ1) is 9.69. The first kappa shape index (κ1) is 16.1. The van der Waals surface area contributed by atoms with Crippen molar-refractivity contribution in [2.45, 2.75) is 37.0 Å². The molecule has 1 N–H and O–H groups in total. The maximum Gasteiger partial charge on any atom is 0.404 e. The zero-order valence-corrected chi connectivity index (χ0v) is 11.1. The Labute approximate surface area is 118 Å². The van der Waals surface area contributed by atoms with Crippen LogP contribution in [-0.2, 0) is 0 Å². The predicted octanol–water partition coefficient (Wildman–Crippen LogP) is 4.36. The molecule has 7 heteroatoms. The number of halogens is 6. The van der Waals surface area contributed by atoms with E-state index in [-0.39, 0.29) is 5.92 Å². The molecule has 1 heterocycles. The highest BCUT2D eigenvalue weighted by atomic mass is 19.4. The molecular formula is C14H15F6N. The molecule has 0 aliphatic carbocycles. The van der Waals surface area contributed by atoms with Gasteiger partial charge < -0.3 is 5.32 Å². The van der Waals surface area contributed by atoms with Crippen LogP contribution in [0.2, 0.25) is 0 Å². The number of benzene rings is 1. The molecule has 0 bridgehead atoms. The summed E-state index contributed by atoms with van der Waals surface area (Å²) in [5, 5.41) is 3.16. The molecule has 0 spiro atoms. The number of nitrogens with one attached hydrogen (secondary N) is 1. The molecule has 0 aromatic heterocycles. The van der Waals surface area contributed by atoms with Gasteiger partial charge in [0.25, 0.3) is 0 Å². The van der Waals surface area contributed by atoms with Gasteiger partial charge in [0.2, 0.25) is 0 Å². The number of rotatable bonds is 2. The first-order valence-electron chi connectivity index (χ1n) is 6.63. The van der Waals surface area contributed by atoms with Crippen molar-refractivity contribution in [2.24, 2.45) is 0 Å². The van der Waals surface area contributed by atoms with Crippen molar-refractivity contribution in [1.29, 1.82) is 0 Å². The second-order valence-corrected chi connectivity index (χ2v) is 5.23. The second-order valence-electron chi connectivity index (χ2n) is 5.23. The lowest BCUT2D eigenvalue weighted by Crippen LogP contribution is -2.34. The van der Waals surface area contributed by atoms with E-state index in [4.69, 9.17) is 0 Å². The summed E-state index contributed by atoms with van der Waals surface area (Å²) in [7, 11) is 0. The molecule has 21 heavy (non-hydrogen) atoms. The van der Waals surface area contributed by atoms with Crippen LogP contribution in [0.3, 0.4) is 0 Å². The molecule has 118 valence electrons. The van der Waals surface area contributed by atoms with Gasteiger partial charge in [-0.15, -0.1) is 0 Å². The summed E-state index contributed by atoms with van der Waals surface area (Å²) >= 11 is 0. The van der Waals surface area contributed by atoms with Crippen molar-refractivity contribution in [3.8, 4) is 0 Å². The minimum Gasteiger partial charge on any atom is -0.316 e. The lowest BCUT2D eigenvalue weighted by Gasteiger charge is -2.25. The molecule has 1 aromatic rings. The van der Waals surface area contributed by atoms with Crippen LogP contribution in [0.15, 0.2) is 24.3 Å². The summed E-state index contributed by atoms with van der Waals surface area (Å²) < 4.78 is 75.8. The summed E-state index contributed by atoms with van der Waals surface area (Å²) in [5.41, 5.74) is 0.0107. The van der Waals surface area contributed by atoms with E-state index in [0.717, 1.165) is 37.1 Å². The van der Waals surface area contributed by atoms with Crippen molar-refractivity contribution < 1.29 is 26.3 Å². The van der Waals surface area contributed by atoms with E-state index in [0.29, 0.717) is 6.54 Å². The van der Waals surface area contributed by atoms with E-state index in [9.17, 15) is 26.3 Å². The number of alkyl halides is 6. The summed E-state index contributed by atoms with van der Waals surface area (Å²) in [4.78, 5) is 0. The minimum atomic E-state index is -5.34. The Morgan fingerprint density at radius 1 is 0.952 bits per heavy atom. The van der Waals surface area contributed by atoms with E-state index in [1.54, 1.807) is 0 Å². The standard InChI is InChI=1S/C14H15F6N/c15-13(16,17)12(14(18,19)20)10-5-3-9(4-6-10)11-2-1-7-21-8-11/h3-6,11-12,21H,1-2,7-8H2. The highest BCUT2D eigenvalue weighted by Gasteiger charge is 2.57. The molecule has 1 nitrogen and oxygen atoms in total. The molecular weight excluding hydrogens is 296 g/mol. The summed E-state index contributed by atoms with van der Waals surface area (Å²) in [6.45, 7) is 1.58. The third-order valence-corrected chi connectivity index (χ3v) is 3.69. The van der Waals surface area contributed by atoms with E-state index >= 15 is 0 Å². The van der Waals surface area contributed by atoms with Gasteiger partial charge in [0.05, 0.1) is 0 Å². The maximum absolute atomic E-state index is 12.6. The Balaban J connectivity index is 2.23. The fourth-order valence-corrected chi connectivity index (χ4v) is 2.66. The Morgan fingerprint density at radius 2 is 1.52 bits per heavy atom. The lowest BCUT2D eigenvalue weighted by atomic mass is 9.89. The van der Waals surface area contributed by atoms with E-state index in [1.165, 1.54) is 12.1 Å². The van der Waals surface area contributed by atoms with Crippen molar-refractivity contribution in [3.05, 3.63) is 35.4 Å². The van der Waals surface area contributed by atoms with Gasteiger partial charge in [-0.25, -0.2) is 0 Å². The average Bonchev–Trinajstić information content (AvgIpc) is 2.37. The Bertz CT molecular complexity index is 442. The molecule has 0 saturated carbocycles. The maximum atomic E-state index is 12.6. The van der Waals surface area contributed by atoms with Crippen LogP contribution >= 0.6 is 0 Å². The van der Waals surface area contributed by atoms with E-state index < -0.39 is 23.8 Å². The largest absolute Gasteiger partial charge is 0.404 e. The normalized spacial score (nSPS) is 20.8. The van der Waals surface area contributed by atoms with Gasteiger partial charge in [0.1, 0.15) is 0 Å². The molecule has 1 aliphatic rings. The predicted molar refractivity (Wildman–Crippen MR) is 66.1 cm³/mol. The van der Waals surface area contributed by atoms with Crippen molar-refractivity contribution in [1.82, 2.24) is 5.32 Å². The van der Waals surface area contributed by atoms with Crippen LogP contribution in [0.1, 0.15) is 35.8 Å². The van der Waals surface area contributed by atoms with Crippen LogP contribution in [-0.4, -0.2) is 25.4 Å². The molecule has 1 fully saturated rings. The molecule has 1 unspecified atom stereocenters. The molecule has 1 saturated heterocycles. The van der Waals surface area contributed by atoms with Crippen LogP contribution in [0.4, 0.5) is 26.3 Å². The van der Waals surface area contributed by atoms with Crippen molar-refractivity contribution >= 4 is 0 Å². The van der Waals surface area contributed by atoms with Crippen LogP contribution in [0.25, 0.3) is 0 Å². The van der Waals surface area contributed by atoms with Gasteiger partial charge in [-0.1, -0.05) is 24.3 Å². The molecule has 2 rings (SSSR count). The Hall–Kier alpha value is -1.24. The van der Waals surface area contributed by atoms with Gasteiger partial charge in [-0.3, -0.25) is 0 Å². The van der Waals surface area contributed by atoms with Gasteiger partial charge in [0, 0.05) is 6.54 Å². The first-order valence-corrected chi connectivity index (χ1v) is 6.63. The number of hydrogen-bond donors (Lipinski definition) is 1. The Morgan fingerprint density at radius 3 is 1.95 bits per heavy atom. The highest BCUT2D eigenvalue weighted by Crippen LogP contribution is 2.46. The van der Waals surface area contributed by atoms with Crippen LogP contribution in [0.5, 0.6) is 0 Å². The monoisotopic (exact) mass is 311 g/mol. The van der Waals surface area contributed by atoms with Gasteiger partial charge in [0.15, 0.2) is 5.92 Å². The lowest BCUT2D eigenvalue weighted by molar-refractivity contribution is -0.253. The number of hydrogen-bond acceptors (Lipinski definition) is 1. The minimum absolute atomic E-state index is 0.142. The zero-order chi connectivity index (χ0) is 15.7. The Kier molecular flexibility index (Phi) is 4.51. The molecule has 1 aromatic carbocycles. The van der Waals surface area contributed by atoms with E-state index in [1.807, 2.05) is 0 Å². The molecule has 1 aliphatic heterocycles. The summed E-state index contributed by atoms with van der Waals surface area (Å²) in [5.74, 6) is -3.29. The zero-order valence-electron chi connectivity index (χ0n) is 11.1. The van der Waals surface area contributed by atoms with E-state index in [2.05, 4.69) is 5.32 Å². The SMILES string of the molecule is FC(F)(F)C(c1ccc(C2CCCNC2)cc1)C(F)(F)F. The summed E-state index contributed by atoms with van der Waals surface area (Å²) in [6, 6.07) is 4.63. The van der Waals surface area contributed by atoms with Gasteiger partial charge in [-0.2, -0.15) is 26.3 Å². The molecule has 0 amide bonds. The second kappa shape index (κ2) is 5.87. The van der Waals surface area contributed by atoms with Crippen LogP contribution in [0, 0.1) is 0 Å². The fraction of sp³-hybridized carbons (Fsp3) is 0.571. The topological polar surface area (TPSA) is 12.0 Å². The van der Waals surface area contributed by atoms with Crippen molar-refractivity contribution in [3.63, 3.8) is 0 Å².